The van der Waals surface area contributed by atoms with Crippen LogP contribution in [0.2, 0.25) is 0 Å². The first kappa shape index (κ1) is 13.9. The van der Waals surface area contributed by atoms with Crippen molar-refractivity contribution in [3.8, 4) is 5.75 Å². The summed E-state index contributed by atoms with van der Waals surface area (Å²) in [5.41, 5.74) is -0.470. The van der Waals surface area contributed by atoms with Crippen LogP contribution in [0.4, 0.5) is 0 Å². The highest BCUT2D eigenvalue weighted by Crippen LogP contribution is 2.32. The van der Waals surface area contributed by atoms with Gasteiger partial charge in [0.15, 0.2) is 0 Å². The number of phenolic OH excluding ortho intramolecular Hbond substituents is 1. The molecule has 0 aromatic heterocycles. The number of phenols is 1. The molecule has 0 saturated heterocycles. The van der Waals surface area contributed by atoms with E-state index < -0.39 is 30.4 Å². The van der Waals surface area contributed by atoms with E-state index in [0.29, 0.717) is 0 Å². The molecule has 0 saturated carbocycles. The van der Waals surface area contributed by atoms with E-state index in [9.17, 15) is 21.9 Å². The second kappa shape index (κ2) is 4.26. The van der Waals surface area contributed by atoms with E-state index >= 15 is 0 Å². The van der Waals surface area contributed by atoms with Gasteiger partial charge in [-0.1, -0.05) is 12.1 Å². The Morgan fingerprint density at radius 3 is 1.94 bits per heavy atom. The van der Waals surface area contributed by atoms with Crippen LogP contribution in [0.15, 0.2) is 18.2 Å². The molecule has 0 unspecified atom stereocenters. The molecule has 0 spiro atoms. The van der Waals surface area contributed by atoms with Crippen molar-refractivity contribution in [1.82, 2.24) is 0 Å². The molecule has 0 fully saturated rings. The zero-order valence-electron chi connectivity index (χ0n) is 8.60. The van der Waals surface area contributed by atoms with Gasteiger partial charge in [-0.25, -0.2) is 0 Å². The summed E-state index contributed by atoms with van der Waals surface area (Å²) in [6.45, 7) is 1.26. The van der Waals surface area contributed by atoms with Crippen LogP contribution in [0.1, 0.15) is 15.7 Å². The molecule has 96 valence electrons. The summed E-state index contributed by atoms with van der Waals surface area (Å²) in [5.74, 6) is -0.347. The minimum absolute atomic E-state index is 0.0623. The fourth-order valence-electron chi connectivity index (χ4n) is 1.37. The summed E-state index contributed by atoms with van der Waals surface area (Å²) in [6, 6.07) is 3.48. The topological polar surface area (TPSA) is 129 Å². The molecule has 1 aromatic carbocycles. The fraction of sp³-hybridized carbons (Fsp3) is 0.250. The summed E-state index contributed by atoms with van der Waals surface area (Å²) in [7, 11) is -10.1. The zero-order valence-corrected chi connectivity index (χ0v) is 10.2. The van der Waals surface area contributed by atoms with Crippen LogP contribution >= 0.6 is 0 Å². The normalized spacial score (nSPS) is 12.9. The summed E-state index contributed by atoms with van der Waals surface area (Å²) in [4.78, 5) is 0. The van der Waals surface area contributed by atoms with E-state index in [1.54, 1.807) is 0 Å². The van der Waals surface area contributed by atoms with Gasteiger partial charge in [0.05, 0.1) is 0 Å². The lowest BCUT2D eigenvalue weighted by atomic mass is 10.1. The molecule has 17 heavy (non-hydrogen) atoms. The van der Waals surface area contributed by atoms with Crippen molar-refractivity contribution in [1.29, 1.82) is 0 Å². The molecule has 0 atom stereocenters. The maximum absolute atomic E-state index is 11.0. The molecule has 1 aromatic rings. The van der Waals surface area contributed by atoms with Gasteiger partial charge in [0.25, 0.3) is 20.2 Å². The first-order valence-electron chi connectivity index (χ1n) is 4.26. The van der Waals surface area contributed by atoms with Crippen molar-refractivity contribution in [2.45, 2.75) is 11.5 Å². The van der Waals surface area contributed by atoms with Gasteiger partial charge < -0.3 is 5.11 Å². The molecule has 3 N–H and O–H groups in total. The van der Waals surface area contributed by atoms with E-state index in [1.807, 2.05) is 0 Å². The first-order chi connectivity index (χ1) is 7.55. The third kappa shape index (κ3) is 2.94. The van der Waals surface area contributed by atoms with Crippen molar-refractivity contribution in [3.63, 3.8) is 0 Å². The second-order valence-electron chi connectivity index (χ2n) is 3.35. The Kier molecular flexibility index (Phi) is 3.48. The Labute approximate surface area is 98.2 Å². The van der Waals surface area contributed by atoms with Crippen LogP contribution < -0.4 is 0 Å². The van der Waals surface area contributed by atoms with E-state index in [4.69, 9.17) is 9.11 Å². The minimum atomic E-state index is -5.06. The minimum Gasteiger partial charge on any atom is -0.508 e. The van der Waals surface area contributed by atoms with Gasteiger partial charge >= 0.3 is 0 Å². The van der Waals surface area contributed by atoms with E-state index in [0.717, 1.165) is 6.07 Å². The zero-order chi connectivity index (χ0) is 13.4. The van der Waals surface area contributed by atoms with Gasteiger partial charge in [-0.2, -0.15) is 16.8 Å². The number of aromatic hydroxyl groups is 1. The number of rotatable bonds is 3. The molecule has 9 heteroatoms. The Balaban J connectivity index is 3.62. The molecule has 1 rings (SSSR count). The summed E-state index contributed by atoms with van der Waals surface area (Å²) >= 11 is 0. The molecule has 0 aliphatic carbocycles. The predicted molar refractivity (Wildman–Crippen MR) is 58.7 cm³/mol. The molecule has 0 aliphatic heterocycles. The highest BCUT2D eigenvalue weighted by atomic mass is 32.3. The number of hydrogen-bond acceptors (Lipinski definition) is 5. The van der Waals surface area contributed by atoms with Gasteiger partial charge in [0, 0.05) is 0 Å². The third-order valence-electron chi connectivity index (χ3n) is 2.14. The maximum Gasteiger partial charge on any atom is 0.289 e. The largest absolute Gasteiger partial charge is 0.508 e. The van der Waals surface area contributed by atoms with Gasteiger partial charge in [-0.3, -0.25) is 9.11 Å². The summed E-state index contributed by atoms with van der Waals surface area (Å²) < 4.78 is 59.0. The van der Waals surface area contributed by atoms with Gasteiger partial charge in [-0.05, 0) is 24.1 Å². The van der Waals surface area contributed by atoms with Crippen LogP contribution in [-0.2, 0) is 20.2 Å². The highest BCUT2D eigenvalue weighted by molar-refractivity contribution is 8.03. The Morgan fingerprint density at radius 1 is 1.06 bits per heavy atom. The van der Waals surface area contributed by atoms with Crippen molar-refractivity contribution in [3.05, 3.63) is 29.3 Å². The number of hydrogen-bond donors (Lipinski definition) is 3. The molecular weight excluding hydrogens is 272 g/mol. The molecule has 0 radical (unpaired) electrons. The Hall–Kier alpha value is -1.16. The highest BCUT2D eigenvalue weighted by Gasteiger charge is 2.38. The van der Waals surface area contributed by atoms with Gasteiger partial charge in [0.2, 0.25) is 4.58 Å². The van der Waals surface area contributed by atoms with Crippen molar-refractivity contribution in [2.24, 2.45) is 0 Å². The quantitative estimate of drug-likeness (QED) is 0.687. The van der Waals surface area contributed by atoms with Crippen molar-refractivity contribution in [2.75, 3.05) is 0 Å². The smallest absolute Gasteiger partial charge is 0.289 e. The van der Waals surface area contributed by atoms with Crippen LogP contribution in [-0.4, -0.2) is 31.0 Å². The molecule has 0 heterocycles. The Morgan fingerprint density at radius 2 is 1.53 bits per heavy atom. The summed E-state index contributed by atoms with van der Waals surface area (Å²) in [6.07, 6.45) is 0. The Bertz CT molecular complexity index is 598. The van der Waals surface area contributed by atoms with Gasteiger partial charge in [-0.15, -0.1) is 0 Å². The third-order valence-corrected chi connectivity index (χ3v) is 5.19. The van der Waals surface area contributed by atoms with E-state index in [1.165, 1.54) is 19.1 Å². The van der Waals surface area contributed by atoms with Crippen molar-refractivity contribution < 1.29 is 31.0 Å². The van der Waals surface area contributed by atoms with Crippen LogP contribution in [0.25, 0.3) is 0 Å². The van der Waals surface area contributed by atoms with Gasteiger partial charge in [0.1, 0.15) is 5.75 Å². The molecule has 0 aliphatic rings. The second-order valence-corrected chi connectivity index (χ2v) is 6.65. The van der Waals surface area contributed by atoms with E-state index in [2.05, 4.69) is 0 Å². The monoisotopic (exact) mass is 282 g/mol. The van der Waals surface area contributed by atoms with Crippen molar-refractivity contribution >= 4 is 20.2 Å². The predicted octanol–water partition coefficient (Wildman–Crippen LogP) is 0.475. The SMILES string of the molecule is Cc1c(O)cccc1C(S(=O)(=O)O)S(=O)(=O)O. The van der Waals surface area contributed by atoms with Crippen LogP contribution in [0, 0.1) is 6.92 Å². The lowest BCUT2D eigenvalue weighted by Crippen LogP contribution is -2.22. The standard InChI is InChI=1S/C8H10O7S2/c1-5-6(3-2-4-7(5)9)8(16(10,11)12)17(13,14)15/h2-4,8-9H,1H3,(H,10,11,12)(H,13,14,15). The summed E-state index contributed by atoms with van der Waals surface area (Å²) in [5, 5.41) is 9.33. The van der Waals surface area contributed by atoms with Crippen LogP contribution in [0.3, 0.4) is 0 Å². The van der Waals surface area contributed by atoms with E-state index in [-0.39, 0.29) is 11.3 Å². The fourth-order valence-corrected chi connectivity index (χ4v) is 3.75. The molecule has 0 amide bonds. The first-order valence-corrected chi connectivity index (χ1v) is 7.27. The average molecular weight is 282 g/mol. The van der Waals surface area contributed by atoms with Crippen LogP contribution in [0.5, 0.6) is 5.75 Å². The lowest BCUT2D eigenvalue weighted by molar-refractivity contribution is 0.454. The molecule has 0 bridgehead atoms. The average Bonchev–Trinajstić information content (AvgIpc) is 2.08. The lowest BCUT2D eigenvalue weighted by Gasteiger charge is -2.14. The maximum atomic E-state index is 11.0. The molecule has 7 nitrogen and oxygen atoms in total. The molecular formula is C8H10O7S2. The number of benzene rings is 1.